The Labute approximate surface area is 276 Å². The smallest absolute Gasteiger partial charge is 1.00 e. The van der Waals surface area contributed by atoms with E-state index in [4.69, 9.17) is 17.0 Å². The van der Waals surface area contributed by atoms with E-state index in [1.807, 2.05) is 10.7 Å². The predicted molar refractivity (Wildman–Crippen MR) is 169 cm³/mol. The van der Waals surface area contributed by atoms with Gasteiger partial charge in [0.1, 0.15) is 0 Å². The largest absolute Gasteiger partial charge is 1.00 e. The molecule has 4 rings (SSSR count). The van der Waals surface area contributed by atoms with Gasteiger partial charge in [-0.2, -0.15) is 0 Å². The Kier molecular flexibility index (Phi) is 15.5. The number of hydrogen-bond donors (Lipinski definition) is 0. The SMILES string of the molecule is CC1=C(C)C(C)(C)C(C2=C(C)C(C)=C(C)C2(C)C)=C1C.[CH3][Zr+2]([CH3])([CH3])[C]1=CC=CC1.[CH3][Zr]([Cl])([Cl])[C]1=CC=CC1.[Cl-].[Cl-]. The minimum atomic E-state index is -2.65. The van der Waals surface area contributed by atoms with Crippen molar-refractivity contribution in [2.24, 2.45) is 10.8 Å². The van der Waals surface area contributed by atoms with Crippen LogP contribution in [0.3, 0.4) is 0 Å². The molecule has 0 amide bonds. The summed E-state index contributed by atoms with van der Waals surface area (Å²) in [7, 11) is 12.0. The van der Waals surface area contributed by atoms with Crippen molar-refractivity contribution in [3.63, 3.8) is 0 Å². The van der Waals surface area contributed by atoms with Gasteiger partial charge >= 0.3 is 130 Å². The molecule has 0 radical (unpaired) electrons. The normalized spacial score (nSPS) is 20.6. The van der Waals surface area contributed by atoms with Crippen LogP contribution >= 0.6 is 17.0 Å². The van der Waals surface area contributed by atoms with Gasteiger partial charge in [-0.3, -0.25) is 0 Å². The molecule has 0 heterocycles. The van der Waals surface area contributed by atoms with Gasteiger partial charge in [0.05, 0.1) is 0 Å². The Hall–Kier alpha value is 0.846. The van der Waals surface area contributed by atoms with Gasteiger partial charge in [-0.05, 0) is 75.0 Å². The topological polar surface area (TPSA) is 0 Å². The zero-order valence-corrected chi connectivity index (χ0v) is 35.3. The molecule has 0 aromatic carbocycles. The maximum absolute atomic E-state index is 6.01. The van der Waals surface area contributed by atoms with E-state index < -0.39 is 38.1 Å². The second kappa shape index (κ2) is 15.2. The van der Waals surface area contributed by atoms with E-state index in [9.17, 15) is 0 Å². The van der Waals surface area contributed by atoms with Crippen LogP contribution in [0.5, 0.6) is 0 Å². The molecule has 0 N–H and O–H groups in total. The Morgan fingerprint density at radius 3 is 1.20 bits per heavy atom. The Morgan fingerprint density at radius 1 is 0.650 bits per heavy atom. The van der Waals surface area contributed by atoms with Crippen LogP contribution in [0, 0.1) is 10.8 Å². The molecule has 0 unspecified atom stereocenters. The van der Waals surface area contributed by atoms with Gasteiger partial charge in [0, 0.05) is 10.8 Å². The van der Waals surface area contributed by atoms with E-state index in [1.165, 1.54) is 43.1 Å². The van der Waals surface area contributed by atoms with Gasteiger partial charge in [0.15, 0.2) is 0 Å². The van der Waals surface area contributed by atoms with Crippen molar-refractivity contribution in [3.8, 4) is 0 Å². The van der Waals surface area contributed by atoms with Gasteiger partial charge in [-0.1, -0.05) is 38.8 Å². The van der Waals surface area contributed by atoms with Gasteiger partial charge in [-0.15, -0.1) is 0 Å². The summed E-state index contributed by atoms with van der Waals surface area (Å²) in [6.07, 6.45) is 15.2. The Bertz CT molecular complexity index is 1120. The molecule has 0 aliphatic heterocycles. The van der Waals surface area contributed by atoms with Crippen molar-refractivity contribution in [3.05, 3.63) is 87.6 Å². The molecular weight excluding hydrogens is 733 g/mol. The van der Waals surface area contributed by atoms with Crippen LogP contribution < -0.4 is 24.8 Å². The fourth-order valence-electron chi connectivity index (χ4n) is 5.96. The predicted octanol–water partition coefficient (Wildman–Crippen LogP) is 6.85. The van der Waals surface area contributed by atoms with E-state index >= 15 is 0 Å². The van der Waals surface area contributed by atoms with E-state index in [0.717, 1.165) is 6.42 Å². The summed E-state index contributed by atoms with van der Waals surface area (Å²) >= 11 is -4.24. The molecule has 0 aromatic rings. The van der Waals surface area contributed by atoms with Gasteiger partial charge < -0.3 is 24.8 Å². The third-order valence-electron chi connectivity index (χ3n) is 9.44. The zero-order valence-electron chi connectivity index (χ0n) is 27.4. The number of rotatable bonds is 3. The fourth-order valence-corrected chi connectivity index (χ4v) is 13.0. The van der Waals surface area contributed by atoms with Crippen LogP contribution in [0.15, 0.2) is 87.6 Å². The van der Waals surface area contributed by atoms with Crippen LogP contribution in [-0.2, 0) is 38.1 Å². The second-order valence-electron chi connectivity index (χ2n) is 13.5. The molecule has 0 spiro atoms. The van der Waals surface area contributed by atoms with Crippen LogP contribution in [0.4, 0.5) is 0 Å². The monoisotopic (exact) mass is 780 g/mol. The van der Waals surface area contributed by atoms with Crippen LogP contribution in [0.25, 0.3) is 0 Å². The third kappa shape index (κ3) is 8.95. The van der Waals surface area contributed by atoms with Crippen LogP contribution in [-0.4, -0.2) is 0 Å². The first-order valence-electron chi connectivity index (χ1n) is 14.1. The van der Waals surface area contributed by atoms with Crippen molar-refractivity contribution in [1.82, 2.24) is 0 Å². The summed E-state index contributed by atoms with van der Waals surface area (Å²) in [6, 6.07) is 0. The number of hydrogen-bond acceptors (Lipinski definition) is 0. The van der Waals surface area contributed by atoms with E-state index in [1.54, 1.807) is 14.4 Å². The average molecular weight is 785 g/mol. The summed E-state index contributed by atoms with van der Waals surface area (Å²) in [5.41, 5.74) is 12.5. The molecule has 4 aliphatic rings. The Morgan fingerprint density at radius 2 is 1.02 bits per heavy atom. The molecule has 0 saturated heterocycles. The molecule has 0 fully saturated rings. The summed E-state index contributed by atoms with van der Waals surface area (Å²) in [4.78, 5) is 0. The van der Waals surface area contributed by atoms with Crippen molar-refractivity contribution >= 4 is 17.0 Å². The molecule has 0 aromatic heterocycles. The molecule has 0 bridgehead atoms. The van der Waals surface area contributed by atoms with Crippen molar-refractivity contribution in [2.75, 3.05) is 0 Å². The van der Waals surface area contributed by atoms with E-state index in [0.29, 0.717) is 0 Å². The van der Waals surface area contributed by atoms with Crippen molar-refractivity contribution in [2.45, 2.75) is 101 Å². The molecule has 224 valence electrons. The summed E-state index contributed by atoms with van der Waals surface area (Å²) < 4.78 is 12.4. The standard InChI is InChI=1S/C20H30.2C5H5.4CH3.4ClH.2Zr/c1-11-13(3)17(19(7,8)15(11)5)18-14(4)12(2)16(6)20(18,9)10;2*1-2-4-5-3-1;;;;;;;;;;/h1-10H3;2*1-3H,4H2;4*1H3;4*1H;;/q;;;;;;;;;;;2*+2/p-4. The number of halogens is 4. The first-order chi connectivity index (χ1) is 17.2. The first kappa shape index (κ1) is 40.8. The Balaban J connectivity index is 0.000000636. The molecule has 6 heteroatoms. The van der Waals surface area contributed by atoms with E-state index in [-0.39, 0.29) is 35.6 Å². The van der Waals surface area contributed by atoms with Crippen LogP contribution in [0.1, 0.15) is 82.1 Å². The van der Waals surface area contributed by atoms with Crippen molar-refractivity contribution in [1.29, 1.82) is 0 Å². The fraction of sp³-hybridized carbons (Fsp3) is 0.529. The molecule has 0 nitrogen and oxygen atoms in total. The van der Waals surface area contributed by atoms with Crippen molar-refractivity contribution < 1.29 is 63.0 Å². The van der Waals surface area contributed by atoms with Gasteiger partial charge in [0.25, 0.3) is 0 Å². The summed E-state index contributed by atoms with van der Waals surface area (Å²) in [5.74, 6) is 0. The second-order valence-corrected chi connectivity index (χ2v) is 42.2. The summed E-state index contributed by atoms with van der Waals surface area (Å²) in [6.45, 7) is 23.3. The zero-order chi connectivity index (χ0) is 29.4. The van der Waals surface area contributed by atoms with E-state index in [2.05, 4.69) is 114 Å². The quantitative estimate of drug-likeness (QED) is 0.294. The third-order valence-corrected chi connectivity index (χ3v) is 21.6. The maximum Gasteiger partial charge on any atom is -1.00 e. The van der Waals surface area contributed by atoms with Gasteiger partial charge in [0.2, 0.25) is 0 Å². The maximum atomic E-state index is 6.01. The molecule has 0 saturated carbocycles. The first-order valence-corrected chi connectivity index (χ1v) is 32.7. The summed E-state index contributed by atoms with van der Waals surface area (Å²) in [5, 5.41) is 0. The molecular formula is C34H52Cl4Zr2. The number of allylic oxidation sites excluding steroid dienone is 16. The molecule has 40 heavy (non-hydrogen) atoms. The minimum absolute atomic E-state index is 0. The van der Waals surface area contributed by atoms with Gasteiger partial charge in [-0.25, -0.2) is 0 Å². The average Bonchev–Trinajstić information content (AvgIpc) is 3.57. The molecule has 4 aliphatic carbocycles. The minimum Gasteiger partial charge on any atom is -1.00 e. The van der Waals surface area contributed by atoms with Crippen LogP contribution in [0.2, 0.25) is 18.5 Å². The molecule has 0 atom stereocenters.